The van der Waals surface area contributed by atoms with E-state index in [1.165, 1.54) is 49.5 Å². The van der Waals surface area contributed by atoms with Gasteiger partial charge in [0.25, 0.3) is 0 Å². The van der Waals surface area contributed by atoms with Crippen LogP contribution in [0.1, 0.15) is 146 Å². The molecule has 0 spiro atoms. The molecule has 8 heterocycles. The van der Waals surface area contributed by atoms with Gasteiger partial charge in [-0.25, -0.2) is 44.5 Å². The van der Waals surface area contributed by atoms with Crippen LogP contribution >= 0.6 is 23.2 Å². The second kappa shape index (κ2) is 37.6. The molecule has 7 aromatic rings. The molecule has 21 N–H and O–H groups in total. The Morgan fingerprint density at radius 3 is 1.83 bits per heavy atom. The standard InChI is InChI=1S/C83H88Cl2N8O29/c1-3-4-5-6-7-8-9-10-11-12-56(99)88-65-68(102)70(104)73(81(114)115)122-82(65)121-72-53-27-38-28-54(72)118-50-22-17-37(25-45(50)84)66(100)64-79(111)92-63(80(112)113)43-29-39(95)30-52(119-83-71(105)69(103)67(101)55(33-94)120-83)57(43)42-24-35(15-20-47(42)96)60(76(108)93-64)89-77(109)61(38)90-78(110)62-44-31-41(32-49(98)58(44)85)117-51-26-36(16-21-48(51)97)59(86-2)75(107)87-46(74(106)91-62)23-34-13-18-40(116-53)19-14-34/h13-22,24-32,46,55,59-71,73,82-83,86,94-98,100-105H,3-12,23,33H2,1-2H3,(H,87,107)(H,88,99)(H,89,109)(H,90,110)(H,91,106)(H,92,111)(H,93,108)(H,112,113)(H,114,115)/t46-,55-,59-,60-,61-,62+,63+,64+,65-,66-,67-,68-,69+,70+,71+,73+,82-,83+/m1/s1. The molecule has 0 radical (unpaired) electrons. The number of ether oxygens (including phenoxy) is 7. The molecule has 37 nitrogen and oxygen atoms in total. The highest BCUT2D eigenvalue weighted by Crippen LogP contribution is 2.52. The van der Waals surface area contributed by atoms with Crippen LogP contribution in [0.5, 0.6) is 69.0 Å². The lowest BCUT2D eigenvalue weighted by Crippen LogP contribution is -2.60. The third-order valence-corrected chi connectivity index (χ3v) is 22.0. The molecule has 648 valence electrons. The average Bonchev–Trinajstić information content (AvgIpc) is 0.760. The van der Waals surface area contributed by atoms with Crippen molar-refractivity contribution in [3.05, 3.63) is 164 Å². The molecular weight excluding hydrogens is 1640 g/mol. The Morgan fingerprint density at radius 1 is 0.516 bits per heavy atom. The van der Waals surface area contributed by atoms with Crippen LogP contribution < -0.4 is 29.0 Å². The highest BCUT2D eigenvalue weighted by atomic mass is 35.5. The van der Waals surface area contributed by atoms with Crippen molar-refractivity contribution >= 4 is 76.4 Å². The number of aromatic hydroxyl groups is 4. The number of rotatable bonds is 19. The van der Waals surface area contributed by atoms with Crippen molar-refractivity contribution in [3.63, 3.8) is 0 Å². The van der Waals surface area contributed by atoms with Crippen LogP contribution in [0.25, 0.3) is 11.1 Å². The number of aliphatic hydroxyl groups excluding tert-OH is 14. The number of nitrogens with one attached hydrogen (secondary N) is 1. The SMILES string of the molecule is CCCCCCCCCCCC(O)=N[C@H]1[C@H](Oc2c3cc4cc2Oc2ccc(cc2Cl)[C@@H](O)[C@@H]2N=C(O)[C@H](N=C(O)[C@@H]4N=C(O)[C@H]4N=C(O)[C@@H](Cc5ccc(cc5)O3)N=C(O)[C@H](NC)c3ccc(O)c(c3)Oc3cc(O)c(Cl)c4c3)c3ccc(O)c(c3)-c3c(O[C@H]4O[C@H](CO)[C@@H](O)[C@H](O)[C@@H]4O)cc(O)cc3[C@@H](C(=O)O)N=C2O)O[C@H](C(=O)O)[C@@H](O)[C@@H]1O. The Labute approximate surface area is 703 Å². The molecule has 122 heavy (non-hydrogen) atoms. The third kappa shape index (κ3) is 18.9. The van der Waals surface area contributed by atoms with Crippen LogP contribution in [-0.4, -0.2) is 242 Å². The molecule has 2 fully saturated rings. The van der Waals surface area contributed by atoms with Gasteiger partial charge in [0.15, 0.2) is 65.2 Å². The third-order valence-electron chi connectivity index (χ3n) is 21.3. The molecule has 7 aromatic carbocycles. The summed E-state index contributed by atoms with van der Waals surface area (Å²) in [5, 5.41) is 239. The number of hydrogen-bond acceptors (Lipinski definition) is 28. The van der Waals surface area contributed by atoms with Gasteiger partial charge in [-0.2, -0.15) is 0 Å². The normalized spacial score (nSPS) is 26.7. The molecule has 8 aliphatic heterocycles. The van der Waals surface area contributed by atoms with E-state index in [1.54, 1.807) is 0 Å². The molecule has 0 saturated carbocycles. The van der Waals surface area contributed by atoms with Gasteiger partial charge in [-0.05, 0) is 114 Å². The summed E-state index contributed by atoms with van der Waals surface area (Å²) in [6.45, 7) is 1.13. The molecule has 15 rings (SSSR count). The molecule has 0 aliphatic carbocycles. The lowest BCUT2D eigenvalue weighted by Gasteiger charge is -2.39. The first kappa shape index (κ1) is 88.0. The zero-order valence-corrected chi connectivity index (χ0v) is 66.4. The highest BCUT2D eigenvalue weighted by molar-refractivity contribution is 6.33. The second-order valence-corrected chi connectivity index (χ2v) is 30.5. The summed E-state index contributed by atoms with van der Waals surface area (Å²) in [5.74, 6) is -18.2. The van der Waals surface area contributed by atoms with E-state index >= 15 is 0 Å². The number of fused-ring (bicyclic) bond motifs is 12. The Hall–Kier alpha value is -11.8. The number of hydrogen-bond donors (Lipinski definition) is 21. The average molecular weight is 1730 g/mol. The van der Waals surface area contributed by atoms with Crippen molar-refractivity contribution in [2.75, 3.05) is 13.7 Å². The number of phenolic OH excluding ortho intramolecular Hbond substituents is 4. The molecule has 0 unspecified atom stereocenters. The second-order valence-electron chi connectivity index (χ2n) is 29.7. The van der Waals surface area contributed by atoms with E-state index in [0.717, 1.165) is 118 Å². The van der Waals surface area contributed by atoms with E-state index in [0.29, 0.717) is 18.4 Å². The molecular formula is C83H88Cl2N8O29. The summed E-state index contributed by atoms with van der Waals surface area (Å²) in [6, 6.07) is 5.02. The Bertz CT molecular complexity index is 5300. The Morgan fingerprint density at radius 2 is 1.15 bits per heavy atom. The van der Waals surface area contributed by atoms with Gasteiger partial charge in [0.2, 0.25) is 53.7 Å². The maximum atomic E-state index is 13.9. The van der Waals surface area contributed by atoms with Crippen LogP contribution in [0.3, 0.4) is 0 Å². The van der Waals surface area contributed by atoms with Gasteiger partial charge in [-0.1, -0.05) is 112 Å². The fourth-order valence-corrected chi connectivity index (χ4v) is 15.3. The molecule has 39 heteroatoms. The molecule has 2 saturated heterocycles. The van der Waals surface area contributed by atoms with Crippen LogP contribution in [0.2, 0.25) is 10.0 Å². The number of carbonyl (C=O) groups is 2. The maximum absolute atomic E-state index is 13.9. The van der Waals surface area contributed by atoms with Gasteiger partial charge in [0.1, 0.15) is 101 Å². The number of aliphatic carboxylic acids is 2. The molecule has 0 aromatic heterocycles. The maximum Gasteiger partial charge on any atom is 0.335 e. The number of carboxylic acid groups (broad SMARTS) is 2. The smallest absolute Gasteiger partial charge is 0.335 e. The summed E-state index contributed by atoms with van der Waals surface area (Å²) in [4.78, 5) is 58.0. The largest absolute Gasteiger partial charge is 0.508 e. The number of likely N-dealkylation sites (N-methyl/N-ethyl adjacent to an activating group) is 1. The fourth-order valence-electron chi connectivity index (χ4n) is 14.9. The van der Waals surface area contributed by atoms with E-state index < -0.39 is 265 Å². The van der Waals surface area contributed by atoms with Crippen LogP contribution in [-0.2, 0) is 25.5 Å². The predicted octanol–water partition coefficient (Wildman–Crippen LogP) is 10.2. The Balaban J connectivity index is 1.09. The first-order valence-electron chi connectivity index (χ1n) is 38.8. The van der Waals surface area contributed by atoms with E-state index in [9.17, 15) is 112 Å². The summed E-state index contributed by atoms with van der Waals surface area (Å²) < 4.78 is 44.1. The molecule has 18 atom stereocenters. The van der Waals surface area contributed by atoms with E-state index in [1.807, 2.05) is 0 Å². The lowest BCUT2D eigenvalue weighted by atomic mass is 9.90. The minimum absolute atomic E-state index is 0.0827. The van der Waals surface area contributed by atoms with Gasteiger partial charge in [-0.15, -0.1) is 0 Å². The number of carboxylic acids is 2. The summed E-state index contributed by atoms with van der Waals surface area (Å²) >= 11 is 14.2. The zero-order valence-electron chi connectivity index (χ0n) is 64.9. The van der Waals surface area contributed by atoms with Crippen molar-refractivity contribution in [1.82, 2.24) is 5.32 Å². The number of aliphatic hydroxyl groups is 14. The van der Waals surface area contributed by atoms with Gasteiger partial charge < -0.3 is 141 Å². The van der Waals surface area contributed by atoms with E-state index in [2.05, 4.69) is 47.2 Å². The first-order valence-corrected chi connectivity index (χ1v) is 39.5. The van der Waals surface area contributed by atoms with Crippen molar-refractivity contribution in [2.45, 2.75) is 187 Å². The van der Waals surface area contributed by atoms with Crippen LogP contribution in [0.4, 0.5) is 0 Å². The fraction of sp³-hybridized carbons (Fsp3) is 0.386. The highest BCUT2D eigenvalue weighted by Gasteiger charge is 2.51. The van der Waals surface area contributed by atoms with Crippen molar-refractivity contribution in [1.29, 1.82) is 0 Å². The molecule has 17 bridgehead atoms. The van der Waals surface area contributed by atoms with E-state index in [-0.39, 0.29) is 41.2 Å². The number of benzene rings is 7. The quantitative estimate of drug-likeness (QED) is 0.0203. The number of unbranched alkanes of at least 4 members (excludes halogenated alkanes) is 8. The summed E-state index contributed by atoms with van der Waals surface area (Å²) in [7, 11) is 1.46. The van der Waals surface area contributed by atoms with Crippen molar-refractivity contribution in [2.24, 2.45) is 34.9 Å². The van der Waals surface area contributed by atoms with Crippen LogP contribution in [0, 0.1) is 0 Å². The van der Waals surface area contributed by atoms with Gasteiger partial charge in [0, 0.05) is 47.2 Å². The summed E-state index contributed by atoms with van der Waals surface area (Å²) in [5.41, 5.74) is -3.03. The molecule has 0 amide bonds. The van der Waals surface area contributed by atoms with Gasteiger partial charge in [0.05, 0.1) is 16.7 Å². The van der Waals surface area contributed by atoms with Crippen LogP contribution in [0.15, 0.2) is 150 Å². The Kier molecular flexibility index (Phi) is 27.1. The first-order chi connectivity index (χ1) is 58.3. The number of phenols is 4. The number of halogens is 2. The van der Waals surface area contributed by atoms with E-state index in [4.69, 9.17) is 56.4 Å². The minimum atomic E-state index is -2.49. The number of aliphatic imine (C=N–C) groups is 7. The monoisotopic (exact) mass is 1730 g/mol. The van der Waals surface area contributed by atoms with Crippen molar-refractivity contribution in [3.8, 4) is 80.1 Å². The topological polar surface area (TPSA) is 602 Å². The predicted molar refractivity (Wildman–Crippen MR) is 437 cm³/mol. The summed E-state index contributed by atoms with van der Waals surface area (Å²) in [6.07, 6.45) is -13.7. The molecule has 8 aliphatic rings. The van der Waals surface area contributed by atoms with Crippen molar-refractivity contribution < 1.29 is 145 Å². The zero-order chi connectivity index (χ0) is 87.4. The lowest BCUT2D eigenvalue weighted by molar-refractivity contribution is -0.277. The van der Waals surface area contributed by atoms with Gasteiger partial charge >= 0.3 is 11.9 Å². The number of nitrogens with zero attached hydrogens (tertiary/aromatic N) is 7. The minimum Gasteiger partial charge on any atom is -0.508 e. The van der Waals surface area contributed by atoms with Gasteiger partial charge in [-0.3, -0.25) is 0 Å².